The van der Waals surface area contributed by atoms with Crippen molar-refractivity contribution >= 4 is 27.7 Å². The monoisotopic (exact) mass is 319 g/mol. The summed E-state index contributed by atoms with van der Waals surface area (Å²) < 4.78 is 14.3. The molecule has 4 heteroatoms. The molecule has 0 spiro atoms. The molecule has 0 aliphatic heterocycles. The van der Waals surface area contributed by atoms with E-state index < -0.39 is 0 Å². The highest BCUT2D eigenvalue weighted by Crippen LogP contribution is 2.17. The minimum Gasteiger partial charge on any atom is -0.327 e. The predicted molar refractivity (Wildman–Crippen MR) is 77.9 cm³/mol. The summed E-state index contributed by atoms with van der Waals surface area (Å²) in [5.41, 5.74) is 6.70. The van der Waals surface area contributed by atoms with E-state index in [0.29, 0.717) is 17.9 Å². The lowest BCUT2D eigenvalue weighted by molar-refractivity contribution is 0.596. The molecule has 1 atom stereocenters. The normalized spacial score (nSPS) is 13.1. The maximum atomic E-state index is 13.6. The summed E-state index contributed by atoms with van der Waals surface area (Å²) in [6.07, 6.45) is 0.601. The van der Waals surface area contributed by atoms with E-state index in [1.807, 2.05) is 17.8 Å². The first-order valence-electron chi connectivity index (χ1n) is 5.76. The van der Waals surface area contributed by atoms with E-state index in [0.717, 1.165) is 16.0 Å². The Balaban J connectivity index is 2.42. The molecule has 0 saturated carbocycles. The first-order chi connectivity index (χ1) is 7.99. The maximum absolute atomic E-state index is 13.6. The Labute approximate surface area is 115 Å². The van der Waals surface area contributed by atoms with Gasteiger partial charge in [-0.05, 0) is 35.8 Å². The van der Waals surface area contributed by atoms with Crippen LogP contribution in [0.15, 0.2) is 22.7 Å². The third-order valence-electron chi connectivity index (χ3n) is 2.28. The van der Waals surface area contributed by atoms with E-state index in [-0.39, 0.29) is 11.9 Å². The molecule has 2 N–H and O–H groups in total. The third-order valence-corrected chi connectivity index (χ3v) is 4.34. The number of benzene rings is 1. The molecule has 0 aliphatic rings. The largest absolute Gasteiger partial charge is 0.327 e. The molecule has 1 unspecified atom stereocenters. The topological polar surface area (TPSA) is 26.0 Å². The SMILES string of the molecule is CC(C)CSCC(N)Cc1ccc(Br)cc1F. The zero-order valence-electron chi connectivity index (χ0n) is 10.2. The number of rotatable bonds is 6. The second-order valence-electron chi connectivity index (χ2n) is 4.63. The van der Waals surface area contributed by atoms with Gasteiger partial charge in [-0.2, -0.15) is 11.8 Å². The number of nitrogens with two attached hydrogens (primary N) is 1. The van der Waals surface area contributed by atoms with Gasteiger partial charge in [0.25, 0.3) is 0 Å². The van der Waals surface area contributed by atoms with Crippen molar-refractivity contribution in [3.8, 4) is 0 Å². The Bertz CT molecular complexity index is 357. The molecule has 0 bridgehead atoms. The summed E-state index contributed by atoms with van der Waals surface area (Å²) in [6, 6.07) is 5.16. The van der Waals surface area contributed by atoms with Crippen LogP contribution in [-0.2, 0) is 6.42 Å². The lowest BCUT2D eigenvalue weighted by Gasteiger charge is -2.13. The molecular weight excluding hydrogens is 301 g/mol. The van der Waals surface area contributed by atoms with E-state index in [1.54, 1.807) is 6.07 Å². The van der Waals surface area contributed by atoms with E-state index in [9.17, 15) is 4.39 Å². The average molecular weight is 320 g/mol. The van der Waals surface area contributed by atoms with Gasteiger partial charge in [0.1, 0.15) is 5.82 Å². The number of thioether (sulfide) groups is 1. The van der Waals surface area contributed by atoms with Crippen molar-refractivity contribution < 1.29 is 4.39 Å². The number of halogens is 2. The fourth-order valence-corrected chi connectivity index (χ4v) is 2.84. The molecule has 1 aromatic rings. The van der Waals surface area contributed by atoms with Gasteiger partial charge in [-0.3, -0.25) is 0 Å². The van der Waals surface area contributed by atoms with Crippen molar-refractivity contribution in [3.05, 3.63) is 34.1 Å². The van der Waals surface area contributed by atoms with Crippen molar-refractivity contribution in [2.75, 3.05) is 11.5 Å². The van der Waals surface area contributed by atoms with Crippen LogP contribution in [0.4, 0.5) is 4.39 Å². The minimum absolute atomic E-state index is 0.0226. The standard InChI is InChI=1S/C13H19BrFNS/c1-9(2)7-17-8-12(16)5-10-3-4-11(14)6-13(10)15/h3-4,6,9,12H,5,7-8,16H2,1-2H3. The van der Waals surface area contributed by atoms with Crippen LogP contribution < -0.4 is 5.73 Å². The quantitative estimate of drug-likeness (QED) is 0.862. The summed E-state index contributed by atoms with van der Waals surface area (Å²) in [6.45, 7) is 4.37. The molecule has 0 heterocycles. The van der Waals surface area contributed by atoms with Gasteiger partial charge in [-0.25, -0.2) is 4.39 Å². The lowest BCUT2D eigenvalue weighted by Crippen LogP contribution is -2.26. The Hall–Kier alpha value is -0.0600. The fraction of sp³-hybridized carbons (Fsp3) is 0.538. The van der Waals surface area contributed by atoms with Crippen LogP contribution >= 0.6 is 27.7 Å². The Morgan fingerprint density at radius 3 is 2.65 bits per heavy atom. The minimum atomic E-state index is -0.177. The molecule has 0 radical (unpaired) electrons. The summed E-state index contributed by atoms with van der Waals surface area (Å²) in [4.78, 5) is 0. The van der Waals surface area contributed by atoms with Crippen LogP contribution in [0, 0.1) is 11.7 Å². The first-order valence-corrected chi connectivity index (χ1v) is 7.71. The van der Waals surface area contributed by atoms with Crippen molar-refractivity contribution in [2.24, 2.45) is 11.7 Å². The molecule has 0 fully saturated rings. The van der Waals surface area contributed by atoms with Crippen molar-refractivity contribution in [1.82, 2.24) is 0 Å². The van der Waals surface area contributed by atoms with Gasteiger partial charge in [0.2, 0.25) is 0 Å². The molecular formula is C13H19BrFNS. The Kier molecular flexibility index (Phi) is 6.52. The fourth-order valence-electron chi connectivity index (χ4n) is 1.48. The lowest BCUT2D eigenvalue weighted by atomic mass is 10.1. The maximum Gasteiger partial charge on any atom is 0.127 e. The van der Waals surface area contributed by atoms with E-state index >= 15 is 0 Å². The molecule has 1 rings (SSSR count). The van der Waals surface area contributed by atoms with Gasteiger partial charge in [-0.1, -0.05) is 35.8 Å². The van der Waals surface area contributed by atoms with Crippen LogP contribution in [0.5, 0.6) is 0 Å². The molecule has 1 aromatic carbocycles. The summed E-state index contributed by atoms with van der Waals surface area (Å²) in [5, 5.41) is 0. The molecule has 0 aliphatic carbocycles. The molecule has 17 heavy (non-hydrogen) atoms. The summed E-state index contributed by atoms with van der Waals surface area (Å²) in [7, 11) is 0. The number of hydrogen-bond acceptors (Lipinski definition) is 2. The molecule has 0 saturated heterocycles. The molecule has 96 valence electrons. The van der Waals surface area contributed by atoms with Gasteiger partial charge >= 0.3 is 0 Å². The second kappa shape index (κ2) is 7.39. The smallest absolute Gasteiger partial charge is 0.127 e. The van der Waals surface area contributed by atoms with Crippen molar-refractivity contribution in [1.29, 1.82) is 0 Å². The predicted octanol–water partition coefficient (Wildman–Crippen LogP) is 3.85. The van der Waals surface area contributed by atoms with Gasteiger partial charge in [0.15, 0.2) is 0 Å². The zero-order chi connectivity index (χ0) is 12.8. The summed E-state index contributed by atoms with van der Waals surface area (Å²) in [5.74, 6) is 2.49. The Morgan fingerprint density at radius 2 is 2.06 bits per heavy atom. The highest BCUT2D eigenvalue weighted by atomic mass is 79.9. The van der Waals surface area contributed by atoms with Crippen LogP contribution in [0.2, 0.25) is 0 Å². The molecule has 0 aromatic heterocycles. The summed E-state index contributed by atoms with van der Waals surface area (Å²) >= 11 is 5.09. The van der Waals surface area contributed by atoms with Gasteiger partial charge in [-0.15, -0.1) is 0 Å². The van der Waals surface area contributed by atoms with E-state index in [4.69, 9.17) is 5.73 Å². The second-order valence-corrected chi connectivity index (χ2v) is 6.62. The zero-order valence-corrected chi connectivity index (χ0v) is 12.7. The Morgan fingerprint density at radius 1 is 1.35 bits per heavy atom. The first kappa shape index (κ1) is 15.0. The van der Waals surface area contributed by atoms with Crippen LogP contribution in [0.1, 0.15) is 19.4 Å². The van der Waals surface area contributed by atoms with Gasteiger partial charge < -0.3 is 5.73 Å². The van der Waals surface area contributed by atoms with Crippen LogP contribution in [0.25, 0.3) is 0 Å². The highest BCUT2D eigenvalue weighted by Gasteiger charge is 2.09. The van der Waals surface area contributed by atoms with Crippen LogP contribution in [0.3, 0.4) is 0 Å². The molecule has 1 nitrogen and oxygen atoms in total. The van der Waals surface area contributed by atoms with Crippen molar-refractivity contribution in [2.45, 2.75) is 26.3 Å². The number of hydrogen-bond donors (Lipinski definition) is 1. The van der Waals surface area contributed by atoms with Gasteiger partial charge in [0, 0.05) is 16.3 Å². The highest BCUT2D eigenvalue weighted by molar-refractivity contribution is 9.10. The third kappa shape index (κ3) is 5.89. The van der Waals surface area contributed by atoms with E-state index in [1.165, 1.54) is 6.07 Å². The van der Waals surface area contributed by atoms with Crippen molar-refractivity contribution in [3.63, 3.8) is 0 Å². The van der Waals surface area contributed by atoms with Crippen LogP contribution in [-0.4, -0.2) is 17.5 Å². The van der Waals surface area contributed by atoms with E-state index in [2.05, 4.69) is 29.8 Å². The molecule has 0 amide bonds. The average Bonchev–Trinajstić information content (AvgIpc) is 2.21. The van der Waals surface area contributed by atoms with Gasteiger partial charge in [0.05, 0.1) is 0 Å².